The number of benzene rings is 1. The lowest BCUT2D eigenvalue weighted by atomic mass is 9.87. The fourth-order valence-electron chi connectivity index (χ4n) is 5.34. The summed E-state index contributed by atoms with van der Waals surface area (Å²) in [4.78, 5) is 40.5. The molecule has 9 heteroatoms. The predicted octanol–water partition coefficient (Wildman–Crippen LogP) is 4.88. The van der Waals surface area contributed by atoms with Crippen LogP contribution >= 0.6 is 0 Å². The van der Waals surface area contributed by atoms with Crippen LogP contribution in [0.2, 0.25) is 19.1 Å². The van der Waals surface area contributed by atoms with Crippen molar-refractivity contribution in [3.05, 3.63) is 35.9 Å². The van der Waals surface area contributed by atoms with E-state index in [1.54, 1.807) is 0 Å². The van der Waals surface area contributed by atoms with Crippen LogP contribution in [0.15, 0.2) is 30.3 Å². The lowest BCUT2D eigenvalue weighted by molar-refractivity contribution is -0.161. The van der Waals surface area contributed by atoms with E-state index in [0.717, 1.165) is 24.4 Å². The zero-order chi connectivity index (χ0) is 29.2. The minimum Gasteiger partial charge on any atom is -0.459 e. The van der Waals surface area contributed by atoms with Crippen molar-refractivity contribution < 1.29 is 23.9 Å². The number of carbonyl (C=O) groups is 3. The summed E-state index contributed by atoms with van der Waals surface area (Å²) in [6.07, 6.45) is 2.60. The van der Waals surface area contributed by atoms with Crippen LogP contribution in [0.5, 0.6) is 0 Å². The van der Waals surface area contributed by atoms with Crippen molar-refractivity contribution in [2.45, 2.75) is 123 Å². The molecule has 1 saturated heterocycles. The van der Waals surface area contributed by atoms with Crippen molar-refractivity contribution in [3.8, 4) is 0 Å². The van der Waals surface area contributed by atoms with E-state index < -0.39 is 26.5 Å². The maximum absolute atomic E-state index is 13.5. The minimum absolute atomic E-state index is 0.0368. The number of nitrogens with one attached hydrogen (secondary N) is 2. The molecular weight excluding hydrogens is 510 g/mol. The van der Waals surface area contributed by atoms with E-state index in [4.69, 9.17) is 9.47 Å². The fourth-order valence-corrected chi connectivity index (χ4v) is 5.93. The summed E-state index contributed by atoms with van der Waals surface area (Å²) < 4.78 is 11.4. The lowest BCUT2D eigenvalue weighted by Crippen LogP contribution is -2.49. The Hall–Kier alpha value is -2.39. The average molecular weight is 562 g/mol. The zero-order valence-electron chi connectivity index (χ0n) is 25.3. The van der Waals surface area contributed by atoms with Crippen LogP contribution in [0, 0.1) is 5.92 Å². The molecule has 2 amide bonds. The molecule has 1 fully saturated rings. The number of hydrogen-bond acceptors (Lipinski definition) is 6. The molecule has 0 saturated carbocycles. The minimum atomic E-state index is -0.835. The maximum atomic E-state index is 13.5. The quantitative estimate of drug-likeness (QED) is 0.263. The monoisotopic (exact) mass is 561 g/mol. The Morgan fingerprint density at radius 2 is 1.82 bits per heavy atom. The molecular formula is C30H51N3O5Si. The molecule has 2 unspecified atom stereocenters. The van der Waals surface area contributed by atoms with Crippen LogP contribution < -0.4 is 10.6 Å². The van der Waals surface area contributed by atoms with Crippen LogP contribution in [-0.4, -0.2) is 68.0 Å². The smallest absolute Gasteiger partial charge is 0.407 e. The number of alkyl carbamates (subject to hydrolysis) is 1. The highest BCUT2D eigenvalue weighted by Crippen LogP contribution is 2.34. The van der Waals surface area contributed by atoms with Gasteiger partial charge in [-0.1, -0.05) is 56.8 Å². The SMILES string of the molecule is CCCC(C[C@H]1[C@H](NC(=O)OCC[SiH](C)C)C[C@H](C(=O)OC(C)(C)C)N1Cc1ccccc1)C(C)NC(C)=O. The van der Waals surface area contributed by atoms with Crippen LogP contribution in [0.25, 0.3) is 0 Å². The molecule has 5 atom stereocenters. The first-order chi connectivity index (χ1) is 18.3. The fraction of sp³-hybridized carbons (Fsp3) is 0.700. The Kier molecular flexibility index (Phi) is 13.0. The van der Waals surface area contributed by atoms with E-state index in [1.807, 2.05) is 45.9 Å². The van der Waals surface area contributed by atoms with Crippen molar-refractivity contribution in [1.29, 1.82) is 0 Å². The van der Waals surface area contributed by atoms with Gasteiger partial charge in [0, 0.05) is 40.4 Å². The standard InChI is InChI=1S/C30H51N3O5Si/c1-9-13-24(21(2)31-22(3)34)18-26-25(32-29(36)37-16-17-39(7)8)19-27(28(35)38-30(4,5)6)33(26)20-23-14-11-10-12-15-23/h10-12,14-15,21,24-27,39H,9,13,16-20H2,1-8H3,(H,31,34)(H,32,36)/t21?,24?,25-,26+,27-/m1/s1. The van der Waals surface area contributed by atoms with Gasteiger partial charge in [-0.15, -0.1) is 0 Å². The van der Waals surface area contributed by atoms with Crippen molar-refractivity contribution in [2.24, 2.45) is 5.92 Å². The molecule has 1 aromatic rings. The van der Waals surface area contributed by atoms with Gasteiger partial charge >= 0.3 is 12.1 Å². The predicted molar refractivity (Wildman–Crippen MR) is 158 cm³/mol. The molecule has 0 aliphatic carbocycles. The van der Waals surface area contributed by atoms with Crippen LogP contribution in [0.3, 0.4) is 0 Å². The van der Waals surface area contributed by atoms with Gasteiger partial charge in [-0.05, 0) is 64.5 Å². The second-order valence-corrected chi connectivity index (χ2v) is 15.7. The van der Waals surface area contributed by atoms with Crippen molar-refractivity contribution in [2.75, 3.05) is 6.61 Å². The molecule has 2 rings (SSSR count). The number of nitrogens with zero attached hydrogens (tertiary/aromatic N) is 1. The summed E-state index contributed by atoms with van der Waals surface area (Å²) >= 11 is 0. The van der Waals surface area contributed by atoms with E-state index in [1.165, 1.54) is 6.92 Å². The van der Waals surface area contributed by atoms with Gasteiger partial charge in [-0.25, -0.2) is 4.79 Å². The van der Waals surface area contributed by atoms with E-state index in [9.17, 15) is 14.4 Å². The largest absolute Gasteiger partial charge is 0.459 e. The van der Waals surface area contributed by atoms with Gasteiger partial charge in [0.15, 0.2) is 0 Å². The lowest BCUT2D eigenvalue weighted by Gasteiger charge is -2.36. The highest BCUT2D eigenvalue weighted by atomic mass is 28.3. The summed E-state index contributed by atoms with van der Waals surface area (Å²) in [6.45, 7) is 16.7. The van der Waals surface area contributed by atoms with E-state index in [-0.39, 0.29) is 35.9 Å². The summed E-state index contributed by atoms with van der Waals surface area (Å²) in [5, 5.41) is 6.18. The first-order valence-electron chi connectivity index (χ1n) is 14.5. The summed E-state index contributed by atoms with van der Waals surface area (Å²) in [7, 11) is -0.835. The highest BCUT2D eigenvalue weighted by Gasteiger charge is 2.47. The Bertz CT molecular complexity index is 921. The topological polar surface area (TPSA) is 97.0 Å². The third-order valence-electron chi connectivity index (χ3n) is 7.23. The second-order valence-electron chi connectivity index (χ2n) is 12.4. The second kappa shape index (κ2) is 15.4. The van der Waals surface area contributed by atoms with Crippen molar-refractivity contribution in [1.82, 2.24) is 15.5 Å². The number of likely N-dealkylation sites (tertiary alicyclic amines) is 1. The third kappa shape index (κ3) is 11.3. The molecule has 220 valence electrons. The Labute approximate surface area is 237 Å². The molecule has 1 aromatic carbocycles. The van der Waals surface area contributed by atoms with Gasteiger partial charge in [0.1, 0.15) is 11.6 Å². The molecule has 1 heterocycles. The Morgan fingerprint density at radius 1 is 1.15 bits per heavy atom. The number of hydrogen-bond donors (Lipinski definition) is 2. The van der Waals surface area contributed by atoms with E-state index >= 15 is 0 Å². The third-order valence-corrected chi connectivity index (χ3v) is 8.62. The summed E-state index contributed by atoms with van der Waals surface area (Å²) in [5.41, 5.74) is 0.462. The van der Waals surface area contributed by atoms with E-state index in [0.29, 0.717) is 26.0 Å². The van der Waals surface area contributed by atoms with Crippen LogP contribution in [0.1, 0.15) is 72.8 Å². The van der Waals surface area contributed by atoms with Crippen LogP contribution in [-0.2, 0) is 25.6 Å². The zero-order valence-corrected chi connectivity index (χ0v) is 26.4. The van der Waals surface area contributed by atoms with Gasteiger partial charge in [0.2, 0.25) is 5.91 Å². The van der Waals surface area contributed by atoms with Gasteiger partial charge in [0.05, 0.1) is 6.61 Å². The molecule has 0 bridgehead atoms. The number of amides is 2. The molecule has 1 aliphatic heterocycles. The molecule has 0 aromatic heterocycles. The van der Waals surface area contributed by atoms with Crippen LogP contribution in [0.4, 0.5) is 4.79 Å². The number of carbonyl (C=O) groups excluding carboxylic acids is 3. The molecule has 8 nitrogen and oxygen atoms in total. The summed E-state index contributed by atoms with van der Waals surface area (Å²) in [6, 6.07) is 10.0. The van der Waals surface area contributed by atoms with Gasteiger partial charge in [-0.2, -0.15) is 0 Å². The molecule has 2 N–H and O–H groups in total. The van der Waals surface area contributed by atoms with Crippen molar-refractivity contribution >= 4 is 26.8 Å². The normalized spacial score (nSPS) is 21.3. The number of esters is 1. The molecule has 1 aliphatic rings. The first kappa shape index (κ1) is 32.8. The first-order valence-corrected chi connectivity index (χ1v) is 17.7. The molecule has 0 radical (unpaired) electrons. The Morgan fingerprint density at radius 3 is 2.38 bits per heavy atom. The number of ether oxygens (including phenoxy) is 2. The molecule has 0 spiro atoms. The maximum Gasteiger partial charge on any atom is 0.407 e. The van der Waals surface area contributed by atoms with Crippen molar-refractivity contribution in [3.63, 3.8) is 0 Å². The Balaban J connectivity index is 2.41. The highest BCUT2D eigenvalue weighted by molar-refractivity contribution is 6.55. The summed E-state index contributed by atoms with van der Waals surface area (Å²) in [5.74, 6) is -0.171. The molecule has 39 heavy (non-hydrogen) atoms. The average Bonchev–Trinajstić information content (AvgIpc) is 3.14. The van der Waals surface area contributed by atoms with Gasteiger partial charge in [0.25, 0.3) is 0 Å². The van der Waals surface area contributed by atoms with Gasteiger partial charge in [-0.3, -0.25) is 14.5 Å². The van der Waals surface area contributed by atoms with E-state index in [2.05, 4.69) is 47.7 Å². The van der Waals surface area contributed by atoms with Gasteiger partial charge < -0.3 is 20.1 Å². The number of rotatable bonds is 13.